The molecule has 37 heavy (non-hydrogen) atoms. The normalized spacial score (nSPS) is 11.9. The molecule has 0 aliphatic carbocycles. The molecule has 0 aliphatic heterocycles. The van der Waals surface area contributed by atoms with E-state index >= 15 is 0 Å². The quantitative estimate of drug-likeness (QED) is 0.445. The van der Waals surface area contributed by atoms with Crippen LogP contribution in [0.25, 0.3) is 5.69 Å². The molecule has 2 amide bonds. The molecule has 1 aromatic heterocycles. The van der Waals surface area contributed by atoms with Crippen LogP contribution in [-0.4, -0.2) is 53.3 Å². The zero-order valence-corrected chi connectivity index (χ0v) is 21.5. The second kappa shape index (κ2) is 11.2. The van der Waals surface area contributed by atoms with E-state index in [9.17, 15) is 22.8 Å². The molecule has 10 heteroatoms. The molecule has 1 N–H and O–H groups in total. The first kappa shape index (κ1) is 27.9. The molecular formula is C27H31F3N4O3. The third-order valence-electron chi connectivity index (χ3n) is 5.62. The third-order valence-corrected chi connectivity index (χ3v) is 5.62. The number of hydrogen-bond acceptors (Lipinski definition) is 4. The van der Waals surface area contributed by atoms with Crippen molar-refractivity contribution in [3.8, 4) is 5.69 Å². The van der Waals surface area contributed by atoms with Crippen molar-refractivity contribution in [1.29, 1.82) is 0 Å². The predicted octanol–water partition coefficient (Wildman–Crippen LogP) is 5.22. The van der Waals surface area contributed by atoms with Crippen molar-refractivity contribution in [1.82, 2.24) is 14.7 Å². The lowest BCUT2D eigenvalue weighted by atomic mass is 9.92. The van der Waals surface area contributed by atoms with Gasteiger partial charge in [-0.2, -0.15) is 18.3 Å². The number of aromatic nitrogens is 2. The Morgan fingerprint density at radius 2 is 1.76 bits per heavy atom. The van der Waals surface area contributed by atoms with Crippen LogP contribution >= 0.6 is 0 Å². The number of carbonyl (C=O) groups excluding carboxylic acids is 2. The fourth-order valence-corrected chi connectivity index (χ4v) is 3.61. The molecule has 198 valence electrons. The van der Waals surface area contributed by atoms with Crippen molar-refractivity contribution in [2.24, 2.45) is 0 Å². The standard InChI is InChI=1S/C27H31F3N4O3/c1-18-8-6-11-21(14-18)34-23(16-22(32-34)26(2,3)4)31-24(35)17-33(12-13-37-5)25(36)19-9-7-10-20(15-19)27(28,29)30/h6-11,14-16H,12-13,17H2,1-5H3,(H,31,35). The van der Waals surface area contributed by atoms with Crippen LogP contribution in [0.2, 0.25) is 0 Å². The number of alkyl halides is 3. The van der Waals surface area contributed by atoms with Crippen LogP contribution in [0.4, 0.5) is 19.0 Å². The molecule has 3 rings (SSSR count). The fraction of sp³-hybridized carbons (Fsp3) is 0.370. The van der Waals surface area contributed by atoms with E-state index in [0.717, 1.165) is 34.0 Å². The molecule has 0 atom stereocenters. The van der Waals surface area contributed by atoms with Crippen molar-refractivity contribution in [3.05, 3.63) is 77.0 Å². The highest BCUT2D eigenvalue weighted by Gasteiger charge is 2.31. The van der Waals surface area contributed by atoms with E-state index in [1.54, 1.807) is 10.7 Å². The van der Waals surface area contributed by atoms with Crippen molar-refractivity contribution >= 4 is 17.6 Å². The van der Waals surface area contributed by atoms with Crippen LogP contribution < -0.4 is 5.32 Å². The Hall–Kier alpha value is -3.66. The number of methoxy groups -OCH3 is 1. The maximum Gasteiger partial charge on any atom is 0.416 e. The van der Waals surface area contributed by atoms with E-state index < -0.39 is 23.6 Å². The summed E-state index contributed by atoms with van der Waals surface area (Å²) in [6.45, 7) is 7.69. The molecule has 0 saturated carbocycles. The van der Waals surface area contributed by atoms with Gasteiger partial charge < -0.3 is 15.0 Å². The van der Waals surface area contributed by atoms with Crippen molar-refractivity contribution in [2.75, 3.05) is 32.1 Å². The molecule has 0 saturated heterocycles. The molecule has 0 fully saturated rings. The van der Waals surface area contributed by atoms with Gasteiger partial charge in [-0.1, -0.05) is 39.0 Å². The second-order valence-electron chi connectivity index (χ2n) is 9.76. The Morgan fingerprint density at radius 1 is 1.05 bits per heavy atom. The summed E-state index contributed by atoms with van der Waals surface area (Å²) in [6, 6.07) is 13.5. The number of carbonyl (C=O) groups is 2. The molecule has 0 aliphatic rings. The van der Waals surface area contributed by atoms with Crippen LogP contribution in [-0.2, 0) is 21.1 Å². The molecule has 7 nitrogen and oxygen atoms in total. The molecule has 0 radical (unpaired) electrons. The first-order valence-corrected chi connectivity index (χ1v) is 11.7. The van der Waals surface area contributed by atoms with Gasteiger partial charge in [0.1, 0.15) is 12.4 Å². The number of ether oxygens (including phenoxy) is 1. The van der Waals surface area contributed by atoms with E-state index in [2.05, 4.69) is 10.4 Å². The SMILES string of the molecule is COCCN(CC(=O)Nc1cc(C(C)(C)C)nn1-c1cccc(C)c1)C(=O)c1cccc(C(F)(F)F)c1. The van der Waals surface area contributed by atoms with Crippen LogP contribution in [0.3, 0.4) is 0 Å². The molecule has 3 aromatic rings. The summed E-state index contributed by atoms with van der Waals surface area (Å²) in [5.41, 5.74) is 1.12. The maximum absolute atomic E-state index is 13.2. The number of benzene rings is 2. The van der Waals surface area contributed by atoms with Gasteiger partial charge in [0, 0.05) is 30.7 Å². The Morgan fingerprint density at radius 3 is 2.38 bits per heavy atom. The number of aryl methyl sites for hydroxylation is 1. The van der Waals surface area contributed by atoms with Gasteiger partial charge in [-0.05, 0) is 42.8 Å². The number of halogens is 3. The summed E-state index contributed by atoms with van der Waals surface area (Å²) in [7, 11) is 1.43. The van der Waals surface area contributed by atoms with Gasteiger partial charge in [0.05, 0.1) is 23.6 Å². The average molecular weight is 517 g/mol. The molecule has 0 unspecified atom stereocenters. The first-order chi connectivity index (χ1) is 17.3. The van der Waals surface area contributed by atoms with E-state index in [-0.39, 0.29) is 30.7 Å². The monoisotopic (exact) mass is 516 g/mol. The number of rotatable bonds is 8. The Balaban J connectivity index is 1.87. The number of hydrogen-bond donors (Lipinski definition) is 1. The van der Waals surface area contributed by atoms with Gasteiger partial charge in [0.2, 0.25) is 5.91 Å². The van der Waals surface area contributed by atoms with Gasteiger partial charge in [-0.25, -0.2) is 4.68 Å². The summed E-state index contributed by atoms with van der Waals surface area (Å²) in [5, 5.41) is 7.50. The van der Waals surface area contributed by atoms with Crippen molar-refractivity contribution in [2.45, 2.75) is 39.3 Å². The van der Waals surface area contributed by atoms with Crippen LogP contribution in [0.5, 0.6) is 0 Å². The van der Waals surface area contributed by atoms with Gasteiger partial charge >= 0.3 is 6.18 Å². The highest BCUT2D eigenvalue weighted by atomic mass is 19.4. The van der Waals surface area contributed by atoms with E-state index in [1.807, 2.05) is 52.0 Å². The van der Waals surface area contributed by atoms with Gasteiger partial charge in [-0.15, -0.1) is 0 Å². The third kappa shape index (κ3) is 7.19. The Kier molecular flexibility index (Phi) is 8.42. The van der Waals surface area contributed by atoms with Crippen molar-refractivity contribution in [3.63, 3.8) is 0 Å². The Labute approximate surface area is 214 Å². The molecule has 2 aromatic carbocycles. The minimum Gasteiger partial charge on any atom is -0.383 e. The number of nitrogens with one attached hydrogen (secondary N) is 1. The summed E-state index contributed by atoms with van der Waals surface area (Å²) in [5.74, 6) is -0.815. The summed E-state index contributed by atoms with van der Waals surface area (Å²) < 4.78 is 46.1. The summed E-state index contributed by atoms with van der Waals surface area (Å²) in [4.78, 5) is 27.3. The minimum absolute atomic E-state index is 0.0172. The highest BCUT2D eigenvalue weighted by Crippen LogP contribution is 2.30. The minimum atomic E-state index is -4.59. The van der Waals surface area contributed by atoms with E-state index in [4.69, 9.17) is 4.74 Å². The smallest absolute Gasteiger partial charge is 0.383 e. The second-order valence-corrected chi connectivity index (χ2v) is 9.76. The highest BCUT2D eigenvalue weighted by molar-refractivity contribution is 5.99. The van der Waals surface area contributed by atoms with Gasteiger partial charge in [-0.3, -0.25) is 9.59 Å². The van der Waals surface area contributed by atoms with Crippen LogP contribution in [0, 0.1) is 6.92 Å². The van der Waals surface area contributed by atoms with E-state index in [1.165, 1.54) is 19.2 Å². The number of nitrogens with zero attached hydrogens (tertiary/aromatic N) is 3. The van der Waals surface area contributed by atoms with Crippen LogP contribution in [0.1, 0.15) is 48.0 Å². The average Bonchev–Trinajstić information content (AvgIpc) is 3.25. The van der Waals surface area contributed by atoms with E-state index in [0.29, 0.717) is 5.82 Å². The largest absolute Gasteiger partial charge is 0.416 e. The van der Waals surface area contributed by atoms with Crippen LogP contribution in [0.15, 0.2) is 54.6 Å². The van der Waals surface area contributed by atoms with Gasteiger partial charge in [0.25, 0.3) is 5.91 Å². The molecule has 0 spiro atoms. The number of amides is 2. The zero-order chi connectivity index (χ0) is 27.4. The maximum atomic E-state index is 13.2. The lowest BCUT2D eigenvalue weighted by Gasteiger charge is -2.22. The Bertz CT molecular complexity index is 1260. The molecular weight excluding hydrogens is 485 g/mol. The lowest BCUT2D eigenvalue weighted by molar-refractivity contribution is -0.137. The molecule has 0 bridgehead atoms. The predicted molar refractivity (Wildman–Crippen MR) is 135 cm³/mol. The summed E-state index contributed by atoms with van der Waals surface area (Å²) >= 11 is 0. The van der Waals surface area contributed by atoms with Gasteiger partial charge in [0.15, 0.2) is 0 Å². The fourth-order valence-electron chi connectivity index (χ4n) is 3.61. The number of anilines is 1. The summed E-state index contributed by atoms with van der Waals surface area (Å²) in [6.07, 6.45) is -4.59. The topological polar surface area (TPSA) is 76.5 Å². The zero-order valence-electron chi connectivity index (χ0n) is 21.5. The van der Waals surface area contributed by atoms with Crippen molar-refractivity contribution < 1.29 is 27.5 Å². The lowest BCUT2D eigenvalue weighted by Crippen LogP contribution is -2.40. The molecule has 1 heterocycles. The first-order valence-electron chi connectivity index (χ1n) is 11.7.